The minimum atomic E-state index is -0.401. The molecule has 4 N–H and O–H groups in total. The SMILES string of the molecule is CCCC(C)c1ccccc1-c1cc(C(=O)NC(=N)N)c2ccccc2n1. The summed E-state index contributed by atoms with van der Waals surface area (Å²) in [6.45, 7) is 4.39. The fraction of sp³-hybridized carbons (Fsp3) is 0.227. The molecule has 1 heterocycles. The number of pyridine rings is 1. The molecule has 27 heavy (non-hydrogen) atoms. The Morgan fingerprint density at radius 1 is 1.19 bits per heavy atom. The van der Waals surface area contributed by atoms with E-state index in [0.717, 1.165) is 35.0 Å². The van der Waals surface area contributed by atoms with Crippen LogP contribution in [0.25, 0.3) is 22.2 Å². The van der Waals surface area contributed by atoms with Crippen LogP contribution in [0.2, 0.25) is 0 Å². The molecule has 0 fully saturated rings. The lowest BCUT2D eigenvalue weighted by molar-refractivity contribution is 0.0978. The van der Waals surface area contributed by atoms with E-state index in [1.165, 1.54) is 5.56 Å². The Morgan fingerprint density at radius 2 is 1.89 bits per heavy atom. The highest BCUT2D eigenvalue weighted by Crippen LogP contribution is 2.32. The van der Waals surface area contributed by atoms with Gasteiger partial charge in [-0.25, -0.2) is 4.98 Å². The van der Waals surface area contributed by atoms with Gasteiger partial charge < -0.3 is 5.73 Å². The second-order valence-corrected chi connectivity index (χ2v) is 6.72. The van der Waals surface area contributed by atoms with Crippen molar-refractivity contribution in [1.82, 2.24) is 10.3 Å². The van der Waals surface area contributed by atoms with Crippen molar-refractivity contribution in [1.29, 1.82) is 5.41 Å². The molecule has 0 aliphatic carbocycles. The first-order valence-electron chi connectivity index (χ1n) is 9.15. The second kappa shape index (κ2) is 7.99. The normalized spacial score (nSPS) is 11.9. The lowest BCUT2D eigenvalue weighted by atomic mass is 9.90. The number of nitrogens with zero attached hydrogens (tertiary/aromatic N) is 1. The fourth-order valence-electron chi connectivity index (χ4n) is 3.44. The van der Waals surface area contributed by atoms with E-state index in [0.29, 0.717) is 11.5 Å². The van der Waals surface area contributed by atoms with Gasteiger partial charge in [0.25, 0.3) is 5.91 Å². The molecular formula is C22H24N4O. The molecule has 1 atom stereocenters. The minimum absolute atomic E-state index is 0.376. The number of hydrogen-bond donors (Lipinski definition) is 3. The number of fused-ring (bicyclic) bond motifs is 1. The van der Waals surface area contributed by atoms with Crippen LogP contribution in [0.15, 0.2) is 54.6 Å². The molecule has 0 radical (unpaired) electrons. The topological polar surface area (TPSA) is 91.9 Å². The summed E-state index contributed by atoms with van der Waals surface area (Å²) in [7, 11) is 0. The molecule has 5 heteroatoms. The summed E-state index contributed by atoms with van der Waals surface area (Å²) in [6, 6.07) is 17.5. The third kappa shape index (κ3) is 3.97. The van der Waals surface area contributed by atoms with E-state index in [1.54, 1.807) is 6.07 Å². The maximum atomic E-state index is 12.6. The van der Waals surface area contributed by atoms with E-state index >= 15 is 0 Å². The smallest absolute Gasteiger partial charge is 0.258 e. The maximum absolute atomic E-state index is 12.6. The number of amides is 1. The summed E-state index contributed by atoms with van der Waals surface area (Å²) in [5.41, 5.74) is 9.56. The molecule has 0 aliphatic rings. The number of nitrogens with two attached hydrogens (primary N) is 1. The molecule has 138 valence electrons. The molecule has 0 bridgehead atoms. The van der Waals surface area contributed by atoms with Crippen LogP contribution in [0.5, 0.6) is 0 Å². The van der Waals surface area contributed by atoms with Crippen molar-refractivity contribution in [3.8, 4) is 11.3 Å². The number of carbonyl (C=O) groups is 1. The highest BCUT2D eigenvalue weighted by Gasteiger charge is 2.17. The van der Waals surface area contributed by atoms with Crippen molar-refractivity contribution in [3.63, 3.8) is 0 Å². The van der Waals surface area contributed by atoms with Gasteiger partial charge in [-0.1, -0.05) is 62.7 Å². The van der Waals surface area contributed by atoms with Gasteiger partial charge in [-0.3, -0.25) is 15.5 Å². The van der Waals surface area contributed by atoms with Crippen LogP contribution in [0, 0.1) is 5.41 Å². The van der Waals surface area contributed by atoms with E-state index in [9.17, 15) is 4.79 Å². The predicted octanol–water partition coefficient (Wildman–Crippen LogP) is 4.43. The number of benzene rings is 2. The standard InChI is InChI=1S/C22H24N4O/c1-3-8-14(2)15-9-4-5-10-16(15)20-13-18(21(27)26-22(23)24)17-11-6-7-12-19(17)25-20/h4-7,9-14H,3,8H2,1-2H3,(H4,23,24,26,27). The van der Waals surface area contributed by atoms with Crippen LogP contribution < -0.4 is 11.1 Å². The van der Waals surface area contributed by atoms with Crippen molar-refractivity contribution in [2.75, 3.05) is 0 Å². The lowest BCUT2D eigenvalue weighted by Gasteiger charge is -2.17. The highest BCUT2D eigenvalue weighted by atomic mass is 16.1. The molecule has 0 saturated carbocycles. The van der Waals surface area contributed by atoms with Gasteiger partial charge in [0, 0.05) is 10.9 Å². The van der Waals surface area contributed by atoms with Crippen LogP contribution in [0.4, 0.5) is 0 Å². The van der Waals surface area contributed by atoms with Gasteiger partial charge in [0.1, 0.15) is 0 Å². The zero-order valence-electron chi connectivity index (χ0n) is 15.6. The summed E-state index contributed by atoms with van der Waals surface area (Å²) < 4.78 is 0. The van der Waals surface area contributed by atoms with Gasteiger partial charge in [-0.2, -0.15) is 0 Å². The Morgan fingerprint density at radius 3 is 2.63 bits per heavy atom. The summed E-state index contributed by atoms with van der Waals surface area (Å²) in [5, 5.41) is 10.5. The van der Waals surface area contributed by atoms with Gasteiger partial charge in [0.2, 0.25) is 0 Å². The third-order valence-electron chi connectivity index (χ3n) is 4.70. The Balaban J connectivity index is 2.19. The molecule has 0 spiro atoms. The quantitative estimate of drug-likeness (QED) is 0.464. The Bertz CT molecular complexity index is 997. The van der Waals surface area contributed by atoms with Gasteiger partial charge >= 0.3 is 0 Å². The van der Waals surface area contributed by atoms with Crippen molar-refractivity contribution in [3.05, 3.63) is 65.7 Å². The van der Waals surface area contributed by atoms with Gasteiger partial charge in [-0.05, 0) is 30.0 Å². The number of carbonyl (C=O) groups excluding carboxylic acids is 1. The minimum Gasteiger partial charge on any atom is -0.370 e. The van der Waals surface area contributed by atoms with Crippen molar-refractivity contribution in [2.24, 2.45) is 5.73 Å². The molecule has 1 amide bonds. The van der Waals surface area contributed by atoms with Crippen LogP contribution >= 0.6 is 0 Å². The summed E-state index contributed by atoms with van der Waals surface area (Å²) in [6.07, 6.45) is 2.19. The van der Waals surface area contributed by atoms with Gasteiger partial charge in [0.05, 0.1) is 16.8 Å². The van der Waals surface area contributed by atoms with E-state index in [1.807, 2.05) is 42.5 Å². The first-order valence-corrected chi connectivity index (χ1v) is 9.15. The lowest BCUT2D eigenvalue weighted by Crippen LogP contribution is -2.35. The molecule has 1 aromatic heterocycles. The number of rotatable bonds is 5. The van der Waals surface area contributed by atoms with Crippen molar-refractivity contribution >= 4 is 22.8 Å². The molecule has 2 aromatic carbocycles. The number of para-hydroxylation sites is 1. The number of aromatic nitrogens is 1. The summed E-state index contributed by atoms with van der Waals surface area (Å²) in [5.74, 6) is -0.380. The van der Waals surface area contributed by atoms with Crippen LogP contribution in [-0.2, 0) is 0 Å². The monoisotopic (exact) mass is 360 g/mol. The number of nitrogens with one attached hydrogen (secondary N) is 2. The second-order valence-electron chi connectivity index (χ2n) is 6.72. The first kappa shape index (κ1) is 18.6. The Hall–Kier alpha value is -3.21. The average Bonchev–Trinajstić information content (AvgIpc) is 2.66. The summed E-state index contributed by atoms with van der Waals surface area (Å²) >= 11 is 0. The molecule has 3 rings (SSSR count). The van der Waals surface area contributed by atoms with Gasteiger partial charge in [-0.15, -0.1) is 0 Å². The molecule has 3 aromatic rings. The van der Waals surface area contributed by atoms with E-state index in [-0.39, 0.29) is 5.96 Å². The first-order chi connectivity index (χ1) is 13.0. The molecule has 5 nitrogen and oxygen atoms in total. The Kier molecular flexibility index (Phi) is 5.50. The van der Waals surface area contributed by atoms with E-state index in [2.05, 4.69) is 25.2 Å². The largest absolute Gasteiger partial charge is 0.370 e. The highest BCUT2D eigenvalue weighted by molar-refractivity contribution is 6.12. The predicted molar refractivity (Wildman–Crippen MR) is 110 cm³/mol. The molecule has 0 saturated heterocycles. The average molecular weight is 360 g/mol. The number of guanidine groups is 1. The fourth-order valence-corrected chi connectivity index (χ4v) is 3.44. The molecule has 1 unspecified atom stereocenters. The van der Waals surface area contributed by atoms with Crippen molar-refractivity contribution < 1.29 is 4.79 Å². The maximum Gasteiger partial charge on any atom is 0.258 e. The Labute approximate surface area is 159 Å². The van der Waals surface area contributed by atoms with Crippen LogP contribution in [0.1, 0.15) is 48.5 Å². The molecular weight excluding hydrogens is 336 g/mol. The van der Waals surface area contributed by atoms with Crippen LogP contribution in [0.3, 0.4) is 0 Å². The van der Waals surface area contributed by atoms with E-state index in [4.69, 9.17) is 16.1 Å². The van der Waals surface area contributed by atoms with Crippen LogP contribution in [-0.4, -0.2) is 16.9 Å². The molecule has 0 aliphatic heterocycles. The van der Waals surface area contributed by atoms with Gasteiger partial charge in [0.15, 0.2) is 5.96 Å². The number of hydrogen-bond acceptors (Lipinski definition) is 3. The third-order valence-corrected chi connectivity index (χ3v) is 4.70. The van der Waals surface area contributed by atoms with E-state index < -0.39 is 5.91 Å². The van der Waals surface area contributed by atoms with Crippen molar-refractivity contribution in [2.45, 2.75) is 32.6 Å². The summed E-state index contributed by atoms with van der Waals surface area (Å²) in [4.78, 5) is 17.4. The zero-order valence-corrected chi connectivity index (χ0v) is 15.6. The zero-order chi connectivity index (χ0) is 19.4.